The molecule has 1 amide bonds. The second-order valence-corrected chi connectivity index (χ2v) is 10.5. The number of nitrogens with two attached hydrogens (primary N) is 1. The Labute approximate surface area is 210 Å². The second-order valence-electron chi connectivity index (χ2n) is 7.83. The Hall–Kier alpha value is -2.73. The van der Waals surface area contributed by atoms with Crippen LogP contribution >= 0.6 is 35.7 Å². The van der Waals surface area contributed by atoms with Crippen LogP contribution in [-0.4, -0.2) is 52.6 Å². The van der Waals surface area contributed by atoms with Crippen molar-refractivity contribution in [3.05, 3.63) is 83.1 Å². The van der Waals surface area contributed by atoms with Crippen molar-refractivity contribution in [1.29, 1.82) is 0 Å². The number of amides is 1. The predicted octanol–water partition coefficient (Wildman–Crippen LogP) is 3.28. The van der Waals surface area contributed by atoms with Gasteiger partial charge in [0.05, 0.1) is 17.2 Å². The number of β-lactam (4-membered cyclic amide) rings is 1. The van der Waals surface area contributed by atoms with Crippen molar-refractivity contribution >= 4 is 46.7 Å². The molecule has 34 heavy (non-hydrogen) atoms. The molecule has 2 N–H and O–H groups in total. The highest BCUT2D eigenvalue weighted by molar-refractivity contribution is 8.01. The van der Waals surface area contributed by atoms with E-state index in [4.69, 9.17) is 22.7 Å². The lowest BCUT2D eigenvalue weighted by molar-refractivity contribution is -0.138. The highest BCUT2D eigenvalue weighted by atomic mass is 32.2. The first-order valence-corrected chi connectivity index (χ1v) is 13.0. The van der Waals surface area contributed by atoms with Crippen molar-refractivity contribution in [2.45, 2.75) is 28.4 Å². The van der Waals surface area contributed by atoms with Crippen LogP contribution in [0.3, 0.4) is 0 Å². The normalized spacial score (nSPS) is 19.7. The topological polar surface area (TPSA) is 99.2 Å². The van der Waals surface area contributed by atoms with Crippen molar-refractivity contribution < 1.29 is 9.53 Å². The van der Waals surface area contributed by atoms with Gasteiger partial charge in [-0.25, -0.2) is 4.68 Å². The van der Waals surface area contributed by atoms with E-state index in [1.807, 2.05) is 60.7 Å². The molecular weight excluding hydrogens is 488 g/mol. The number of thiocarbonyl (C=S) groups is 1. The number of nitrogens with zero attached hydrogens (tertiary/aromatic N) is 5. The Morgan fingerprint density at radius 1 is 1.21 bits per heavy atom. The van der Waals surface area contributed by atoms with Gasteiger partial charge < -0.3 is 10.5 Å². The summed E-state index contributed by atoms with van der Waals surface area (Å²) in [6.07, 6.45) is 0.0266. The van der Waals surface area contributed by atoms with Gasteiger partial charge in [0.15, 0.2) is 0 Å². The van der Waals surface area contributed by atoms with Gasteiger partial charge >= 0.3 is 0 Å². The summed E-state index contributed by atoms with van der Waals surface area (Å²) in [4.78, 5) is 14.4. The minimum atomic E-state index is -0.417. The molecule has 0 bridgehead atoms. The van der Waals surface area contributed by atoms with Crippen LogP contribution in [0, 0.1) is 0 Å². The minimum Gasteiger partial charge on any atom is -0.469 e. The highest BCUT2D eigenvalue weighted by Gasteiger charge is 2.47. The molecule has 0 radical (unpaired) electrons. The molecular formula is C23H22N6O2S3. The lowest BCUT2D eigenvalue weighted by atomic mass is 10.0. The van der Waals surface area contributed by atoms with Crippen LogP contribution in [0.5, 0.6) is 0 Å². The molecule has 5 rings (SSSR count). The number of thioether (sulfide) groups is 2. The van der Waals surface area contributed by atoms with E-state index >= 15 is 0 Å². The third-order valence-electron chi connectivity index (χ3n) is 5.66. The van der Waals surface area contributed by atoms with Crippen molar-refractivity contribution in [3.63, 3.8) is 0 Å². The van der Waals surface area contributed by atoms with Crippen LogP contribution in [0.25, 0.3) is 0 Å². The number of tetrazole rings is 1. The van der Waals surface area contributed by atoms with Crippen LogP contribution in [0.2, 0.25) is 0 Å². The monoisotopic (exact) mass is 510 g/mol. The van der Waals surface area contributed by atoms with Crippen molar-refractivity contribution in [2.75, 3.05) is 5.75 Å². The Kier molecular flexibility index (Phi) is 6.68. The maximum atomic E-state index is 12.6. The largest absolute Gasteiger partial charge is 0.469 e. The van der Waals surface area contributed by atoms with Crippen molar-refractivity contribution in [3.8, 4) is 0 Å². The van der Waals surface area contributed by atoms with E-state index < -0.39 is 6.10 Å². The standard InChI is InChI=1S/C23H22N6O2S3/c1-28-23(25-26-27-28)33-13-16-19(29-17(30)12-18(29)34-21(16)24)22(32)31-20(14-8-4-2-5-9-14)15-10-6-3-7-11-15/h2-11,18,20-21H,12-13,24H2,1H3/t18-,21?/m1/s1. The SMILES string of the molecule is Cn1nnnc1SCC1=C(C(=S)OC(c2ccccc2)c2ccccc2)N2C(=O)C[C@H]2SC1N. The lowest BCUT2D eigenvalue weighted by Gasteiger charge is -2.47. The van der Waals surface area contributed by atoms with Crippen molar-refractivity contribution in [2.24, 2.45) is 12.8 Å². The van der Waals surface area contributed by atoms with Crippen LogP contribution in [-0.2, 0) is 16.6 Å². The number of benzene rings is 2. The molecule has 2 atom stereocenters. The first-order valence-electron chi connectivity index (χ1n) is 10.6. The van der Waals surface area contributed by atoms with E-state index in [0.29, 0.717) is 23.0 Å². The second kappa shape index (κ2) is 9.87. The summed E-state index contributed by atoms with van der Waals surface area (Å²) >= 11 is 8.85. The number of hydrogen-bond acceptors (Lipinski definition) is 9. The molecule has 1 aromatic heterocycles. The number of aromatic nitrogens is 4. The Balaban J connectivity index is 1.49. The molecule has 11 heteroatoms. The molecule has 2 aliphatic rings. The van der Waals surface area contributed by atoms with Gasteiger partial charge in [-0.3, -0.25) is 9.69 Å². The van der Waals surface area contributed by atoms with E-state index in [-0.39, 0.29) is 21.7 Å². The number of fused-ring (bicyclic) bond motifs is 1. The summed E-state index contributed by atoms with van der Waals surface area (Å²) in [5.41, 5.74) is 9.93. The summed E-state index contributed by atoms with van der Waals surface area (Å²) in [5, 5.41) is 12.2. The Morgan fingerprint density at radius 3 is 2.41 bits per heavy atom. The zero-order chi connectivity index (χ0) is 23.7. The molecule has 1 saturated heterocycles. The minimum absolute atomic E-state index is 0.0177. The zero-order valence-corrected chi connectivity index (χ0v) is 20.7. The molecule has 174 valence electrons. The van der Waals surface area contributed by atoms with E-state index in [1.54, 1.807) is 28.4 Å². The molecule has 2 aliphatic heterocycles. The maximum absolute atomic E-state index is 12.6. The van der Waals surface area contributed by atoms with Gasteiger partial charge in [0, 0.05) is 12.8 Å². The number of carbonyl (C=O) groups is 1. The molecule has 3 heterocycles. The average molecular weight is 511 g/mol. The summed E-state index contributed by atoms with van der Waals surface area (Å²) < 4.78 is 8.06. The van der Waals surface area contributed by atoms with Gasteiger partial charge in [-0.05, 0) is 39.3 Å². The molecule has 2 aromatic carbocycles. The molecule has 1 fully saturated rings. The molecule has 8 nitrogen and oxygen atoms in total. The number of carbonyl (C=O) groups excluding carboxylic acids is 1. The van der Waals surface area contributed by atoms with Crippen molar-refractivity contribution in [1.82, 2.24) is 25.1 Å². The molecule has 0 saturated carbocycles. The summed E-state index contributed by atoms with van der Waals surface area (Å²) in [5.74, 6) is 0.503. The van der Waals surface area contributed by atoms with E-state index in [1.165, 1.54) is 11.8 Å². The average Bonchev–Trinajstić information content (AvgIpc) is 3.26. The summed E-state index contributed by atoms with van der Waals surface area (Å²) in [6.45, 7) is 0. The van der Waals surface area contributed by atoms with Crippen LogP contribution in [0.4, 0.5) is 0 Å². The summed E-state index contributed by atoms with van der Waals surface area (Å²) in [6, 6.07) is 19.8. The first-order chi connectivity index (χ1) is 16.5. The molecule has 0 aliphatic carbocycles. The maximum Gasteiger partial charge on any atom is 0.231 e. The van der Waals surface area contributed by atoms with Gasteiger partial charge in [0.25, 0.3) is 0 Å². The highest BCUT2D eigenvalue weighted by Crippen LogP contribution is 2.44. The Bertz CT molecular complexity index is 1190. The number of hydrogen-bond donors (Lipinski definition) is 1. The van der Waals surface area contributed by atoms with Gasteiger partial charge in [-0.2, -0.15) is 0 Å². The molecule has 1 unspecified atom stereocenters. The Morgan fingerprint density at radius 2 is 1.85 bits per heavy atom. The fraction of sp³-hybridized carbons (Fsp3) is 0.261. The fourth-order valence-corrected chi connectivity index (χ4v) is 6.55. The van der Waals surface area contributed by atoms with E-state index in [9.17, 15) is 4.79 Å². The zero-order valence-electron chi connectivity index (χ0n) is 18.3. The number of ether oxygens (including phenoxy) is 1. The van der Waals surface area contributed by atoms with Gasteiger partial charge in [0.2, 0.25) is 16.1 Å². The smallest absolute Gasteiger partial charge is 0.231 e. The first kappa shape index (κ1) is 23.0. The molecule has 3 aromatic rings. The predicted molar refractivity (Wildman–Crippen MR) is 136 cm³/mol. The van der Waals surface area contributed by atoms with Crippen LogP contribution in [0.15, 0.2) is 77.1 Å². The van der Waals surface area contributed by atoms with Crippen LogP contribution in [0.1, 0.15) is 23.7 Å². The number of rotatable bonds is 7. The summed E-state index contributed by atoms with van der Waals surface area (Å²) in [7, 11) is 1.78. The fourth-order valence-electron chi connectivity index (χ4n) is 3.92. The van der Waals surface area contributed by atoms with E-state index in [0.717, 1.165) is 16.7 Å². The third-order valence-corrected chi connectivity index (χ3v) is 8.28. The lowest BCUT2D eigenvalue weighted by Crippen LogP contribution is -2.56. The van der Waals surface area contributed by atoms with Gasteiger partial charge in [-0.15, -0.1) is 16.9 Å². The van der Waals surface area contributed by atoms with Gasteiger partial charge in [-0.1, -0.05) is 72.4 Å². The third kappa shape index (κ3) is 4.48. The quantitative estimate of drug-likeness (QED) is 0.292. The van der Waals surface area contributed by atoms with E-state index in [2.05, 4.69) is 15.5 Å². The van der Waals surface area contributed by atoms with Crippen LogP contribution < -0.4 is 5.73 Å². The van der Waals surface area contributed by atoms with Gasteiger partial charge in [0.1, 0.15) is 11.8 Å². The molecule has 0 spiro atoms. The number of aryl methyl sites for hydroxylation is 1.